The van der Waals surface area contributed by atoms with Gasteiger partial charge >= 0.3 is 0 Å². The molecular formula is C47H100N2. The van der Waals surface area contributed by atoms with Crippen molar-refractivity contribution in [1.82, 2.24) is 0 Å². The maximum absolute atomic E-state index is 7.05. The zero-order chi connectivity index (χ0) is 36.9. The highest BCUT2D eigenvalue weighted by Gasteiger charge is 2.33. The van der Waals surface area contributed by atoms with Crippen LogP contribution in [0, 0.1) is 11.8 Å². The van der Waals surface area contributed by atoms with E-state index in [2.05, 4.69) is 55.4 Å². The monoisotopic (exact) mass is 693 g/mol. The Bertz CT molecular complexity index is 599. The van der Waals surface area contributed by atoms with E-state index in [1.165, 1.54) is 225 Å². The van der Waals surface area contributed by atoms with Gasteiger partial charge in [0.1, 0.15) is 0 Å². The topological polar surface area (TPSA) is 52.0 Å². The summed E-state index contributed by atoms with van der Waals surface area (Å²) in [7, 11) is 0. The molecule has 0 aliphatic heterocycles. The predicted molar refractivity (Wildman–Crippen MR) is 228 cm³/mol. The van der Waals surface area contributed by atoms with Crippen LogP contribution < -0.4 is 11.5 Å². The Labute approximate surface area is 313 Å². The van der Waals surface area contributed by atoms with Crippen molar-refractivity contribution in [3.63, 3.8) is 0 Å². The van der Waals surface area contributed by atoms with Crippen LogP contribution >= 0.6 is 0 Å². The number of rotatable bonds is 37. The summed E-state index contributed by atoms with van der Waals surface area (Å²) in [5.41, 5.74) is 14.3. The molecule has 49 heavy (non-hydrogen) atoms. The summed E-state index contributed by atoms with van der Waals surface area (Å²) in [4.78, 5) is 0. The van der Waals surface area contributed by atoms with Crippen molar-refractivity contribution >= 4 is 0 Å². The van der Waals surface area contributed by atoms with E-state index in [-0.39, 0.29) is 11.1 Å². The molecule has 0 rings (SSSR count). The maximum Gasteiger partial charge on any atom is 0.0182 e. The van der Waals surface area contributed by atoms with Gasteiger partial charge < -0.3 is 11.5 Å². The predicted octanol–water partition coefficient (Wildman–Crippen LogP) is 16.4. The Kier molecular flexibility index (Phi) is 39.2. The lowest BCUT2D eigenvalue weighted by atomic mass is 9.72. The van der Waals surface area contributed by atoms with Crippen LogP contribution in [0.1, 0.15) is 280 Å². The zero-order valence-electron chi connectivity index (χ0n) is 36.1. The van der Waals surface area contributed by atoms with Crippen molar-refractivity contribution < 1.29 is 0 Å². The van der Waals surface area contributed by atoms with E-state index in [0.717, 1.165) is 11.8 Å². The largest absolute Gasteiger partial charge is 0.325 e. The van der Waals surface area contributed by atoms with Crippen LogP contribution in [0.15, 0.2) is 0 Å². The average Bonchev–Trinajstić information content (AvgIpc) is 3.11. The zero-order valence-corrected chi connectivity index (χ0v) is 36.1. The van der Waals surface area contributed by atoms with Gasteiger partial charge in [0.15, 0.2) is 0 Å². The molecule has 298 valence electrons. The van der Waals surface area contributed by atoms with Crippen molar-refractivity contribution in [3.05, 3.63) is 0 Å². The summed E-state index contributed by atoms with van der Waals surface area (Å²) in [6.07, 6.45) is 47.4. The van der Waals surface area contributed by atoms with Crippen LogP contribution in [0.5, 0.6) is 0 Å². The number of hydrogen-bond acceptors (Lipinski definition) is 2. The van der Waals surface area contributed by atoms with Gasteiger partial charge in [0.2, 0.25) is 0 Å². The van der Waals surface area contributed by atoms with Crippen LogP contribution in [0.3, 0.4) is 0 Å². The van der Waals surface area contributed by atoms with Crippen molar-refractivity contribution in [2.24, 2.45) is 23.3 Å². The number of unbranched alkanes of at least 4 members (excludes halogenated alkanes) is 19. The Morgan fingerprint density at radius 2 is 0.469 bits per heavy atom. The Morgan fingerprint density at radius 1 is 0.265 bits per heavy atom. The van der Waals surface area contributed by atoms with E-state index in [1.54, 1.807) is 0 Å². The normalized spacial score (nSPS) is 13.3. The van der Waals surface area contributed by atoms with Gasteiger partial charge in [-0.3, -0.25) is 0 Å². The first-order chi connectivity index (χ1) is 23.8. The maximum atomic E-state index is 7.05. The second-order valence-electron chi connectivity index (χ2n) is 16.7. The fraction of sp³-hybridized carbons (Fsp3) is 1.00. The van der Waals surface area contributed by atoms with Gasteiger partial charge in [-0.05, 0) is 63.2 Å². The van der Waals surface area contributed by atoms with Crippen molar-refractivity contribution in [2.45, 2.75) is 291 Å². The van der Waals surface area contributed by atoms with Gasteiger partial charge in [0.05, 0.1) is 0 Å². The lowest BCUT2D eigenvalue weighted by Gasteiger charge is -2.39. The third-order valence-electron chi connectivity index (χ3n) is 12.0. The summed E-state index contributed by atoms with van der Waals surface area (Å²) in [5, 5.41) is 0. The molecule has 0 aromatic carbocycles. The molecule has 0 fully saturated rings. The quantitative estimate of drug-likeness (QED) is 0.0637. The van der Waals surface area contributed by atoms with Gasteiger partial charge in [0.25, 0.3) is 0 Å². The molecule has 4 N–H and O–H groups in total. The molecule has 0 aromatic rings. The number of nitrogens with two attached hydrogens (primary N) is 2. The molecule has 0 amide bonds. The molecule has 2 unspecified atom stereocenters. The van der Waals surface area contributed by atoms with E-state index in [0.29, 0.717) is 0 Å². The van der Waals surface area contributed by atoms with E-state index >= 15 is 0 Å². The smallest absolute Gasteiger partial charge is 0.0182 e. The minimum atomic E-state index is 0.113. The summed E-state index contributed by atoms with van der Waals surface area (Å²) in [5.74, 6) is 1.51. The van der Waals surface area contributed by atoms with Gasteiger partial charge in [-0.15, -0.1) is 0 Å². The summed E-state index contributed by atoms with van der Waals surface area (Å²) < 4.78 is 0. The molecular weight excluding hydrogens is 593 g/mol. The minimum absolute atomic E-state index is 0.113. The van der Waals surface area contributed by atoms with Gasteiger partial charge in [-0.25, -0.2) is 0 Å². The van der Waals surface area contributed by atoms with E-state index < -0.39 is 0 Å². The fourth-order valence-corrected chi connectivity index (χ4v) is 8.30. The molecule has 0 bridgehead atoms. The second kappa shape index (κ2) is 37.7. The molecule has 0 heterocycles. The van der Waals surface area contributed by atoms with Crippen molar-refractivity contribution in [3.8, 4) is 0 Å². The van der Waals surface area contributed by atoms with Crippen LogP contribution in [0.2, 0.25) is 0 Å². The number of hydrogen-bond donors (Lipinski definition) is 2. The fourth-order valence-electron chi connectivity index (χ4n) is 8.30. The molecule has 2 atom stereocenters. The van der Waals surface area contributed by atoms with E-state index in [4.69, 9.17) is 11.5 Å². The SMILES string of the molecule is CCCCCCCCCC(CCCC)C(N)(CCCC)CCCC.CCCCCCCCCCC(CCCC)C(N)(CCCC)CCCC. The lowest BCUT2D eigenvalue weighted by Crippen LogP contribution is -2.47. The van der Waals surface area contributed by atoms with Gasteiger partial charge in [-0.2, -0.15) is 0 Å². The molecule has 2 nitrogen and oxygen atoms in total. The molecule has 0 spiro atoms. The second-order valence-corrected chi connectivity index (χ2v) is 16.7. The lowest BCUT2D eigenvalue weighted by molar-refractivity contribution is 0.193. The van der Waals surface area contributed by atoms with Crippen molar-refractivity contribution in [1.29, 1.82) is 0 Å². The Hall–Kier alpha value is -0.0800. The van der Waals surface area contributed by atoms with Crippen LogP contribution in [-0.4, -0.2) is 11.1 Å². The first-order valence-corrected chi connectivity index (χ1v) is 23.4. The third kappa shape index (κ3) is 29.1. The van der Waals surface area contributed by atoms with Gasteiger partial charge in [0, 0.05) is 11.1 Å². The molecule has 0 radical (unpaired) electrons. The van der Waals surface area contributed by atoms with E-state index in [1.807, 2.05) is 0 Å². The van der Waals surface area contributed by atoms with Crippen LogP contribution in [-0.2, 0) is 0 Å². The Balaban J connectivity index is 0. The molecule has 0 aromatic heterocycles. The molecule has 0 saturated heterocycles. The van der Waals surface area contributed by atoms with Crippen molar-refractivity contribution in [2.75, 3.05) is 0 Å². The minimum Gasteiger partial charge on any atom is -0.325 e. The Morgan fingerprint density at radius 3 is 0.714 bits per heavy atom. The summed E-state index contributed by atoms with van der Waals surface area (Å²) >= 11 is 0. The average molecular weight is 693 g/mol. The summed E-state index contributed by atoms with van der Waals surface area (Å²) in [6.45, 7) is 18.5. The molecule has 0 saturated carbocycles. The highest BCUT2D eigenvalue weighted by molar-refractivity contribution is 4.92. The van der Waals surface area contributed by atoms with Crippen LogP contribution in [0.25, 0.3) is 0 Å². The molecule has 0 aliphatic rings. The molecule has 2 heteroatoms. The highest BCUT2D eigenvalue weighted by Crippen LogP contribution is 2.36. The summed E-state index contributed by atoms with van der Waals surface area (Å²) in [6, 6.07) is 0. The third-order valence-corrected chi connectivity index (χ3v) is 12.0. The first-order valence-electron chi connectivity index (χ1n) is 23.4. The van der Waals surface area contributed by atoms with E-state index in [9.17, 15) is 0 Å². The van der Waals surface area contributed by atoms with Gasteiger partial charge in [-0.1, -0.05) is 229 Å². The first kappa shape index (κ1) is 51.0. The molecule has 0 aliphatic carbocycles. The standard InChI is InChI=1S/C24H51N.C23H49N/c1-5-9-13-14-15-16-17-18-20-23(19-10-6-2)24(25,21-11-7-3)22-12-8-4;1-5-9-13-14-15-16-17-19-22(18-10-6-2)23(24,20-11-7-3)21-12-8-4/h23H,5-22,25H2,1-4H3;22H,5-21,24H2,1-4H3. The van der Waals surface area contributed by atoms with Crippen LogP contribution in [0.4, 0.5) is 0 Å². The highest BCUT2D eigenvalue weighted by atomic mass is 14.8.